The molecular weight excluding hydrogens is 666 g/mol. The number of halogens is 4. The van der Waals surface area contributed by atoms with Gasteiger partial charge in [-0.05, 0) is 74.2 Å². The molecule has 0 aliphatic carbocycles. The van der Waals surface area contributed by atoms with E-state index in [2.05, 4.69) is 60.3 Å². The number of fused-ring (bicyclic) bond motifs is 2. The monoisotopic (exact) mass is 700 g/mol. The Morgan fingerprint density at radius 2 is 1.92 bits per heavy atom. The van der Waals surface area contributed by atoms with Crippen molar-refractivity contribution in [3.63, 3.8) is 0 Å². The molecule has 2 saturated heterocycles. The third-order valence-electron chi connectivity index (χ3n) is 6.34. The van der Waals surface area contributed by atoms with Crippen molar-refractivity contribution in [2.75, 3.05) is 45.2 Å². The van der Waals surface area contributed by atoms with Crippen molar-refractivity contribution in [1.82, 2.24) is 25.2 Å². The Bertz CT molecular complexity index is 1000. The molecule has 2 aliphatic heterocycles. The van der Waals surface area contributed by atoms with Gasteiger partial charge in [-0.3, -0.25) is 4.90 Å². The summed E-state index contributed by atoms with van der Waals surface area (Å²) >= 11 is 9.21. The van der Waals surface area contributed by atoms with E-state index in [1.54, 1.807) is 6.20 Å². The second-order valence-corrected chi connectivity index (χ2v) is 9.79. The van der Waals surface area contributed by atoms with E-state index in [-0.39, 0.29) is 46.2 Å². The predicted molar refractivity (Wildman–Crippen MR) is 157 cm³/mol. The molecule has 2 fully saturated rings. The molecule has 2 aliphatic rings. The number of methoxy groups -OCH3 is 1. The average Bonchev–Trinajstić information content (AvgIpc) is 3.42. The summed E-state index contributed by atoms with van der Waals surface area (Å²) in [6.07, 6.45) is 10.1. The highest BCUT2D eigenvalue weighted by atomic mass is 127. The number of aromatic nitrogens is 3. The van der Waals surface area contributed by atoms with Gasteiger partial charge in [-0.25, -0.2) is 9.37 Å². The van der Waals surface area contributed by atoms with Gasteiger partial charge in [0.05, 0.1) is 24.3 Å². The van der Waals surface area contributed by atoms with Crippen LogP contribution in [0, 0.1) is 5.82 Å². The lowest BCUT2D eigenvalue weighted by atomic mass is 9.95. The van der Waals surface area contributed by atoms with Crippen LogP contribution in [0.2, 0.25) is 5.15 Å². The van der Waals surface area contributed by atoms with Gasteiger partial charge in [-0.2, -0.15) is 9.97 Å². The van der Waals surface area contributed by atoms with Crippen LogP contribution in [0.1, 0.15) is 52.4 Å². The Labute approximate surface area is 243 Å². The van der Waals surface area contributed by atoms with Crippen LogP contribution in [-0.2, 0) is 4.74 Å². The second-order valence-electron chi connectivity index (χ2n) is 8.68. The Morgan fingerprint density at radius 3 is 2.56 bits per heavy atom. The minimum absolute atomic E-state index is 0. The number of ether oxygens (including phenoxy) is 2. The summed E-state index contributed by atoms with van der Waals surface area (Å²) in [4.78, 5) is 15.1. The zero-order valence-electron chi connectivity index (χ0n) is 21.1. The largest absolute Gasteiger partial charge is 0.503 e. The lowest BCUT2D eigenvalue weighted by molar-refractivity contribution is 0.108. The molecule has 0 bridgehead atoms. The fraction of sp³-hybridized carbons (Fsp3) is 0.625. The smallest absolute Gasteiger partial charge is 0.319 e. The molecular formula is C24H36BrClFIN6O2. The van der Waals surface area contributed by atoms with Gasteiger partial charge in [0.2, 0.25) is 0 Å². The minimum atomic E-state index is -0.715. The summed E-state index contributed by atoms with van der Waals surface area (Å²) in [6, 6.07) is 0.0991. The van der Waals surface area contributed by atoms with Crippen molar-refractivity contribution >= 4 is 68.2 Å². The fourth-order valence-electron chi connectivity index (χ4n) is 4.57. The predicted octanol–water partition coefficient (Wildman–Crippen LogP) is 6.13. The maximum atomic E-state index is 14.6. The second kappa shape index (κ2) is 15.4. The number of nitrogens with one attached hydrogen (secondary N) is 2. The van der Waals surface area contributed by atoms with Crippen LogP contribution in [0.15, 0.2) is 17.1 Å². The highest BCUT2D eigenvalue weighted by molar-refractivity contribution is 14.0. The zero-order valence-corrected chi connectivity index (χ0v) is 25.8. The lowest BCUT2D eigenvalue weighted by Gasteiger charge is -2.31. The molecule has 0 unspecified atom stereocenters. The Kier molecular flexibility index (Phi) is 13.4. The molecule has 0 amide bonds. The summed E-state index contributed by atoms with van der Waals surface area (Å²) in [5.41, 5.74) is 0.0778. The van der Waals surface area contributed by atoms with Crippen LogP contribution in [0.4, 0.5) is 10.2 Å². The maximum absolute atomic E-state index is 14.6. The summed E-state index contributed by atoms with van der Waals surface area (Å²) in [7, 11) is 1.52. The molecule has 0 aromatic carbocycles. The standard InChI is InChI=1S/C18H20BrClFN5O2.C6H15N.HI/c1-27-9-6-22-16-11-13(12(21)15(20)24-14(11)19)23-17(25-16)28-10-18-4-2-7-26(18)8-3-5-18;1-3-5-6-7-4-2;/h6,9H,2-5,7-8,10H2,1H3,(H,22,23,25);7H,3-6H2,1-2H3;1H/b9-6+;;. The van der Waals surface area contributed by atoms with Gasteiger partial charge in [0.15, 0.2) is 11.0 Å². The summed E-state index contributed by atoms with van der Waals surface area (Å²) in [6.45, 7) is 9.31. The van der Waals surface area contributed by atoms with Crippen molar-refractivity contribution < 1.29 is 13.9 Å². The molecule has 0 radical (unpaired) electrons. The minimum Gasteiger partial charge on any atom is -0.503 e. The van der Waals surface area contributed by atoms with Crippen molar-refractivity contribution in [2.45, 2.75) is 57.9 Å². The van der Waals surface area contributed by atoms with E-state index in [1.807, 2.05) is 0 Å². The van der Waals surface area contributed by atoms with E-state index in [1.165, 1.54) is 45.6 Å². The number of hydrogen-bond donors (Lipinski definition) is 2. The van der Waals surface area contributed by atoms with Crippen LogP contribution in [-0.4, -0.2) is 65.3 Å². The van der Waals surface area contributed by atoms with E-state index in [0.29, 0.717) is 22.4 Å². The average molecular weight is 702 g/mol. The zero-order chi connectivity index (χ0) is 25.3. The third-order valence-corrected chi connectivity index (χ3v) is 7.17. The molecule has 8 nitrogen and oxygen atoms in total. The summed E-state index contributed by atoms with van der Waals surface area (Å²) in [5.74, 6) is -0.372. The quantitative estimate of drug-likeness (QED) is 0.133. The van der Waals surface area contributed by atoms with Crippen LogP contribution in [0.25, 0.3) is 10.9 Å². The normalized spacial score (nSPS) is 16.4. The first-order chi connectivity index (χ1) is 17.0. The summed E-state index contributed by atoms with van der Waals surface area (Å²) in [5, 5.41) is 6.32. The topological polar surface area (TPSA) is 84.4 Å². The maximum Gasteiger partial charge on any atom is 0.319 e. The van der Waals surface area contributed by atoms with E-state index < -0.39 is 5.82 Å². The van der Waals surface area contributed by atoms with Crippen LogP contribution in [0.3, 0.4) is 0 Å². The molecule has 2 N–H and O–H groups in total. The van der Waals surface area contributed by atoms with E-state index in [9.17, 15) is 4.39 Å². The van der Waals surface area contributed by atoms with Gasteiger partial charge in [0, 0.05) is 6.20 Å². The van der Waals surface area contributed by atoms with Crippen LogP contribution >= 0.6 is 51.5 Å². The first-order valence-electron chi connectivity index (χ1n) is 12.2. The fourth-order valence-corrected chi connectivity index (χ4v) is 5.40. The SMILES string of the molecule is CCCCNCC.CO/C=C/Nc1nc(OCC23CCCN2CCC3)nc2c(F)c(Cl)nc(Br)c12.I. The third kappa shape index (κ3) is 7.75. The summed E-state index contributed by atoms with van der Waals surface area (Å²) < 4.78 is 25.9. The number of unbranched alkanes of at least 4 members (excludes halogenated alkanes) is 1. The van der Waals surface area contributed by atoms with Crippen molar-refractivity contribution in [1.29, 1.82) is 0 Å². The van der Waals surface area contributed by atoms with Crippen molar-refractivity contribution in [2.24, 2.45) is 0 Å². The number of nitrogens with zero attached hydrogens (tertiary/aromatic N) is 4. The molecule has 36 heavy (non-hydrogen) atoms. The molecule has 4 rings (SSSR count). The number of anilines is 1. The molecule has 202 valence electrons. The first-order valence-corrected chi connectivity index (χ1v) is 13.4. The molecule has 4 heterocycles. The molecule has 12 heteroatoms. The Hall–Kier alpha value is -1.02. The van der Waals surface area contributed by atoms with Gasteiger partial charge in [0.1, 0.15) is 22.5 Å². The number of rotatable bonds is 10. The Morgan fingerprint density at radius 1 is 1.19 bits per heavy atom. The van der Waals surface area contributed by atoms with Crippen molar-refractivity contribution in [3.05, 3.63) is 28.0 Å². The van der Waals surface area contributed by atoms with Crippen LogP contribution < -0.4 is 15.4 Å². The molecule has 2 aromatic heterocycles. The number of pyridine rings is 1. The van der Waals surface area contributed by atoms with Gasteiger partial charge in [-0.15, -0.1) is 24.0 Å². The van der Waals surface area contributed by atoms with Gasteiger partial charge in [0.25, 0.3) is 0 Å². The van der Waals surface area contributed by atoms with Gasteiger partial charge in [-0.1, -0.05) is 31.9 Å². The van der Waals surface area contributed by atoms with E-state index in [4.69, 9.17) is 21.1 Å². The van der Waals surface area contributed by atoms with E-state index in [0.717, 1.165) is 32.5 Å². The Balaban J connectivity index is 0.000000503. The molecule has 0 saturated carbocycles. The molecule has 2 aromatic rings. The van der Waals surface area contributed by atoms with Crippen LogP contribution in [0.5, 0.6) is 6.01 Å². The van der Waals surface area contributed by atoms with Crippen molar-refractivity contribution in [3.8, 4) is 6.01 Å². The van der Waals surface area contributed by atoms with E-state index >= 15 is 0 Å². The molecule has 0 atom stereocenters. The number of hydrogen-bond acceptors (Lipinski definition) is 8. The lowest BCUT2D eigenvalue weighted by Crippen LogP contribution is -2.43. The van der Waals surface area contributed by atoms with Gasteiger partial charge < -0.3 is 20.1 Å². The first kappa shape index (κ1) is 31.2. The highest BCUT2D eigenvalue weighted by Gasteiger charge is 2.45. The highest BCUT2D eigenvalue weighted by Crippen LogP contribution is 2.39. The molecule has 0 spiro atoms. The van der Waals surface area contributed by atoms with Gasteiger partial charge >= 0.3 is 6.01 Å².